The number of morpholine rings is 1. The highest BCUT2D eigenvalue weighted by Gasteiger charge is 2.32. The predicted molar refractivity (Wildman–Crippen MR) is 82.2 cm³/mol. The van der Waals surface area contributed by atoms with Gasteiger partial charge in [-0.15, -0.1) is 0 Å². The van der Waals surface area contributed by atoms with E-state index < -0.39 is 0 Å². The Hall–Kier alpha value is -0.610. The molecule has 4 heteroatoms. The fraction of sp³-hybridized carbons (Fsp3) is 0.625. The third-order valence-electron chi connectivity index (χ3n) is 4.23. The van der Waals surface area contributed by atoms with Crippen molar-refractivity contribution in [2.24, 2.45) is 5.92 Å². The summed E-state index contributed by atoms with van der Waals surface area (Å²) in [5.41, 5.74) is 1.35. The minimum atomic E-state index is 0.308. The number of likely N-dealkylation sites (N-methyl/N-ethyl adjacent to an activating group) is 1. The van der Waals surface area contributed by atoms with E-state index in [0.717, 1.165) is 37.2 Å². The predicted octanol–water partition coefficient (Wildman–Crippen LogP) is 2.71. The van der Waals surface area contributed by atoms with Crippen LogP contribution < -0.4 is 5.32 Å². The first-order valence-electron chi connectivity index (χ1n) is 7.51. The van der Waals surface area contributed by atoms with Gasteiger partial charge in [-0.1, -0.05) is 23.7 Å². The largest absolute Gasteiger partial charge is 0.374 e. The molecule has 0 bridgehead atoms. The number of benzene rings is 1. The molecule has 0 radical (unpaired) electrons. The van der Waals surface area contributed by atoms with Gasteiger partial charge < -0.3 is 15.0 Å². The summed E-state index contributed by atoms with van der Waals surface area (Å²) in [6, 6.07) is 8.71. The Morgan fingerprint density at radius 2 is 2.10 bits per heavy atom. The quantitative estimate of drug-likeness (QED) is 0.904. The average Bonchev–Trinajstić information content (AvgIpc) is 3.26. The van der Waals surface area contributed by atoms with Crippen LogP contribution in [0.1, 0.15) is 24.4 Å². The number of ether oxygens (including phenoxy) is 1. The van der Waals surface area contributed by atoms with Crippen molar-refractivity contribution in [2.75, 3.05) is 33.3 Å². The van der Waals surface area contributed by atoms with E-state index in [9.17, 15) is 0 Å². The number of hydrogen-bond donors (Lipinski definition) is 1. The normalized spacial score (nSPS) is 25.6. The summed E-state index contributed by atoms with van der Waals surface area (Å²) >= 11 is 5.98. The van der Waals surface area contributed by atoms with Crippen LogP contribution in [0.4, 0.5) is 0 Å². The first-order chi connectivity index (χ1) is 9.72. The molecule has 3 rings (SSSR count). The Labute approximate surface area is 126 Å². The number of halogens is 1. The number of nitrogens with zero attached hydrogens (tertiary/aromatic N) is 1. The number of hydrogen-bond acceptors (Lipinski definition) is 3. The molecule has 0 aromatic heterocycles. The van der Waals surface area contributed by atoms with E-state index >= 15 is 0 Å². The highest BCUT2D eigenvalue weighted by atomic mass is 35.5. The Kier molecular flexibility index (Phi) is 4.61. The van der Waals surface area contributed by atoms with Gasteiger partial charge >= 0.3 is 0 Å². The molecule has 2 unspecified atom stereocenters. The first-order valence-corrected chi connectivity index (χ1v) is 7.89. The van der Waals surface area contributed by atoms with Crippen LogP contribution in [0.2, 0.25) is 5.02 Å². The van der Waals surface area contributed by atoms with Gasteiger partial charge in [-0.25, -0.2) is 0 Å². The Bertz CT molecular complexity index is 433. The molecule has 1 N–H and O–H groups in total. The van der Waals surface area contributed by atoms with Crippen LogP contribution in [-0.4, -0.2) is 44.3 Å². The minimum Gasteiger partial charge on any atom is -0.374 e. The smallest absolute Gasteiger partial charge is 0.0826 e. The lowest BCUT2D eigenvalue weighted by atomic mass is 10.0. The zero-order chi connectivity index (χ0) is 13.9. The van der Waals surface area contributed by atoms with Crippen molar-refractivity contribution in [1.82, 2.24) is 10.2 Å². The van der Waals surface area contributed by atoms with Crippen molar-refractivity contribution in [1.29, 1.82) is 0 Å². The summed E-state index contributed by atoms with van der Waals surface area (Å²) in [4.78, 5) is 2.34. The van der Waals surface area contributed by atoms with Gasteiger partial charge in [-0.2, -0.15) is 0 Å². The summed E-state index contributed by atoms with van der Waals surface area (Å²) in [6.45, 7) is 3.83. The van der Waals surface area contributed by atoms with Crippen molar-refractivity contribution in [3.05, 3.63) is 34.9 Å². The molecule has 3 nitrogen and oxygen atoms in total. The number of rotatable bonds is 5. The van der Waals surface area contributed by atoms with E-state index in [1.807, 2.05) is 12.1 Å². The van der Waals surface area contributed by atoms with Gasteiger partial charge in [0.15, 0.2) is 0 Å². The molecule has 1 aromatic carbocycles. The van der Waals surface area contributed by atoms with Gasteiger partial charge in [-0.3, -0.25) is 0 Å². The SMILES string of the molecule is CN1CCOC(CNC(c2ccc(Cl)cc2)C2CC2)C1. The molecule has 20 heavy (non-hydrogen) atoms. The van der Waals surface area contributed by atoms with Crippen molar-refractivity contribution >= 4 is 11.6 Å². The van der Waals surface area contributed by atoms with Crippen LogP contribution in [0.5, 0.6) is 0 Å². The van der Waals surface area contributed by atoms with Gasteiger partial charge in [0, 0.05) is 30.7 Å². The molecular formula is C16H23ClN2O. The van der Waals surface area contributed by atoms with E-state index in [0.29, 0.717) is 12.1 Å². The fourth-order valence-corrected chi connectivity index (χ4v) is 3.03. The molecule has 1 saturated carbocycles. The highest BCUT2D eigenvalue weighted by Crippen LogP contribution is 2.41. The molecule has 1 aliphatic heterocycles. The monoisotopic (exact) mass is 294 g/mol. The van der Waals surface area contributed by atoms with Crippen LogP contribution in [-0.2, 0) is 4.74 Å². The molecule has 0 amide bonds. The van der Waals surface area contributed by atoms with Crippen molar-refractivity contribution in [3.8, 4) is 0 Å². The summed E-state index contributed by atoms with van der Waals surface area (Å²) in [6.07, 6.45) is 2.96. The maximum absolute atomic E-state index is 5.98. The van der Waals surface area contributed by atoms with Crippen LogP contribution in [0.25, 0.3) is 0 Å². The van der Waals surface area contributed by atoms with Crippen LogP contribution in [0.15, 0.2) is 24.3 Å². The summed E-state index contributed by atoms with van der Waals surface area (Å²) in [5, 5.41) is 4.52. The Morgan fingerprint density at radius 3 is 2.75 bits per heavy atom. The summed E-state index contributed by atoms with van der Waals surface area (Å²) in [7, 11) is 2.16. The van der Waals surface area contributed by atoms with Gasteiger partial charge in [0.25, 0.3) is 0 Å². The lowest BCUT2D eigenvalue weighted by molar-refractivity contribution is -0.0196. The maximum atomic E-state index is 5.98. The van der Waals surface area contributed by atoms with Crippen LogP contribution >= 0.6 is 11.6 Å². The zero-order valence-corrected chi connectivity index (χ0v) is 12.8. The van der Waals surface area contributed by atoms with Crippen molar-refractivity contribution in [2.45, 2.75) is 25.0 Å². The third kappa shape index (κ3) is 3.73. The second kappa shape index (κ2) is 6.44. The Morgan fingerprint density at radius 1 is 1.35 bits per heavy atom. The molecule has 2 fully saturated rings. The topological polar surface area (TPSA) is 24.5 Å². The first kappa shape index (κ1) is 14.3. The molecule has 1 saturated heterocycles. The van der Waals surface area contributed by atoms with Crippen LogP contribution in [0, 0.1) is 5.92 Å². The third-order valence-corrected chi connectivity index (χ3v) is 4.48. The summed E-state index contributed by atoms with van der Waals surface area (Å²) < 4.78 is 5.83. The van der Waals surface area contributed by atoms with E-state index in [1.54, 1.807) is 0 Å². The van der Waals surface area contributed by atoms with Gasteiger partial charge in [-0.05, 0) is 43.5 Å². The zero-order valence-electron chi connectivity index (χ0n) is 12.0. The van der Waals surface area contributed by atoms with E-state index in [1.165, 1.54) is 18.4 Å². The van der Waals surface area contributed by atoms with Gasteiger partial charge in [0.2, 0.25) is 0 Å². The second-order valence-corrected chi connectivity index (χ2v) is 6.47. The highest BCUT2D eigenvalue weighted by molar-refractivity contribution is 6.30. The molecule has 1 aliphatic carbocycles. The van der Waals surface area contributed by atoms with Gasteiger partial charge in [0.05, 0.1) is 12.7 Å². The Balaban J connectivity index is 1.59. The molecule has 0 spiro atoms. The van der Waals surface area contributed by atoms with Gasteiger partial charge in [0.1, 0.15) is 0 Å². The van der Waals surface area contributed by atoms with E-state index in [-0.39, 0.29) is 0 Å². The van der Waals surface area contributed by atoms with Crippen molar-refractivity contribution < 1.29 is 4.74 Å². The summed E-state index contributed by atoms with van der Waals surface area (Å²) in [5.74, 6) is 0.775. The molecule has 1 aromatic rings. The molecular weight excluding hydrogens is 272 g/mol. The average molecular weight is 295 g/mol. The standard InChI is InChI=1S/C16H23ClN2O/c1-19-8-9-20-15(11-19)10-18-16(12-2-3-12)13-4-6-14(17)7-5-13/h4-7,12,15-16,18H,2-3,8-11H2,1H3. The lowest BCUT2D eigenvalue weighted by Gasteiger charge is -2.31. The molecule has 2 atom stereocenters. The number of nitrogens with one attached hydrogen (secondary N) is 1. The van der Waals surface area contributed by atoms with Crippen molar-refractivity contribution in [3.63, 3.8) is 0 Å². The second-order valence-electron chi connectivity index (χ2n) is 6.03. The van der Waals surface area contributed by atoms with E-state index in [4.69, 9.17) is 16.3 Å². The molecule has 1 heterocycles. The maximum Gasteiger partial charge on any atom is 0.0826 e. The molecule has 110 valence electrons. The van der Waals surface area contributed by atoms with E-state index in [2.05, 4.69) is 29.4 Å². The van der Waals surface area contributed by atoms with Crippen LogP contribution in [0.3, 0.4) is 0 Å². The fourth-order valence-electron chi connectivity index (χ4n) is 2.91. The molecule has 2 aliphatic rings. The lowest BCUT2D eigenvalue weighted by Crippen LogP contribution is -2.45. The minimum absolute atomic E-state index is 0.308.